The maximum Gasteiger partial charge on any atom is 0.321 e. The zero-order chi connectivity index (χ0) is 18.7. The second kappa shape index (κ2) is 7.95. The van der Waals surface area contributed by atoms with Crippen LogP contribution >= 0.6 is 0 Å². The highest BCUT2D eigenvalue weighted by Crippen LogP contribution is 2.29. The zero-order valence-corrected chi connectivity index (χ0v) is 15.4. The Morgan fingerprint density at radius 3 is 2.54 bits per heavy atom. The summed E-state index contributed by atoms with van der Waals surface area (Å²) >= 11 is 0. The first-order valence-electron chi connectivity index (χ1n) is 9.22. The van der Waals surface area contributed by atoms with Crippen molar-refractivity contribution in [1.29, 1.82) is 0 Å². The Balaban J connectivity index is 1.72. The molecule has 2 aliphatic heterocycles. The van der Waals surface area contributed by atoms with E-state index < -0.39 is 11.9 Å². The topological polar surface area (TPSA) is 82.1 Å². The molecule has 2 aliphatic rings. The van der Waals surface area contributed by atoms with E-state index in [1.165, 1.54) is 0 Å². The Kier molecular flexibility index (Phi) is 5.66. The monoisotopic (exact) mass is 361 g/mol. The number of urea groups is 1. The number of aliphatic carboxylic acids is 1. The molecule has 0 spiro atoms. The van der Waals surface area contributed by atoms with Crippen molar-refractivity contribution in [1.82, 2.24) is 4.90 Å². The fourth-order valence-electron chi connectivity index (χ4n) is 3.79. The van der Waals surface area contributed by atoms with Crippen molar-refractivity contribution >= 4 is 23.4 Å². The summed E-state index contributed by atoms with van der Waals surface area (Å²) in [5.74, 6) is -1.31. The van der Waals surface area contributed by atoms with Crippen LogP contribution in [-0.2, 0) is 9.53 Å². The molecule has 7 heteroatoms. The zero-order valence-electron chi connectivity index (χ0n) is 15.4. The van der Waals surface area contributed by atoms with Crippen LogP contribution in [0, 0.1) is 5.92 Å². The fourth-order valence-corrected chi connectivity index (χ4v) is 3.79. The first-order valence-corrected chi connectivity index (χ1v) is 9.22. The van der Waals surface area contributed by atoms with Gasteiger partial charge in [-0.15, -0.1) is 0 Å². The average molecular weight is 361 g/mol. The van der Waals surface area contributed by atoms with E-state index in [0.717, 1.165) is 24.5 Å². The first kappa shape index (κ1) is 18.5. The van der Waals surface area contributed by atoms with Crippen LogP contribution in [0.25, 0.3) is 0 Å². The highest BCUT2D eigenvalue weighted by Gasteiger charge is 2.29. The van der Waals surface area contributed by atoms with Crippen LogP contribution in [0.3, 0.4) is 0 Å². The average Bonchev–Trinajstić information content (AvgIpc) is 2.61. The molecule has 2 heterocycles. The number of nitrogens with zero attached hydrogens (tertiary/aromatic N) is 2. The molecule has 7 nitrogen and oxygen atoms in total. The van der Waals surface area contributed by atoms with Gasteiger partial charge in [0.05, 0.1) is 29.5 Å². The maximum atomic E-state index is 12.7. The van der Waals surface area contributed by atoms with Gasteiger partial charge in [0.15, 0.2) is 0 Å². The highest BCUT2D eigenvalue weighted by atomic mass is 16.5. The maximum absolute atomic E-state index is 12.7. The number of nitrogens with one attached hydrogen (secondary N) is 1. The van der Waals surface area contributed by atoms with Gasteiger partial charge in [0.1, 0.15) is 0 Å². The highest BCUT2D eigenvalue weighted by molar-refractivity contribution is 5.93. The Bertz CT molecular complexity index is 656. The molecule has 2 N–H and O–H groups in total. The number of ether oxygens (including phenoxy) is 1. The quantitative estimate of drug-likeness (QED) is 0.865. The van der Waals surface area contributed by atoms with Gasteiger partial charge >= 0.3 is 12.0 Å². The fraction of sp³-hybridized carbons (Fsp3) is 0.579. The molecule has 2 fully saturated rings. The number of piperidine rings is 1. The van der Waals surface area contributed by atoms with Gasteiger partial charge in [-0.2, -0.15) is 0 Å². The number of carbonyl (C=O) groups is 2. The van der Waals surface area contributed by atoms with E-state index in [4.69, 9.17) is 4.74 Å². The van der Waals surface area contributed by atoms with E-state index in [1.807, 2.05) is 38.1 Å². The second-order valence-corrected chi connectivity index (χ2v) is 7.23. The molecule has 0 aromatic heterocycles. The number of amides is 2. The number of hydrogen-bond donors (Lipinski definition) is 2. The van der Waals surface area contributed by atoms with Crippen molar-refractivity contribution in [3.05, 3.63) is 24.3 Å². The third-order valence-corrected chi connectivity index (χ3v) is 4.96. The van der Waals surface area contributed by atoms with Crippen LogP contribution in [0.1, 0.15) is 26.7 Å². The minimum Gasteiger partial charge on any atom is -0.481 e. The van der Waals surface area contributed by atoms with Gasteiger partial charge in [-0.25, -0.2) is 4.79 Å². The number of hydrogen-bond acceptors (Lipinski definition) is 4. The Hall–Kier alpha value is -2.28. The largest absolute Gasteiger partial charge is 0.481 e. The molecule has 142 valence electrons. The van der Waals surface area contributed by atoms with Gasteiger partial charge in [0, 0.05) is 26.2 Å². The summed E-state index contributed by atoms with van der Waals surface area (Å²) in [6, 6.07) is 7.49. The Morgan fingerprint density at radius 1 is 1.15 bits per heavy atom. The predicted octanol–water partition coefficient (Wildman–Crippen LogP) is 2.63. The second-order valence-electron chi connectivity index (χ2n) is 7.23. The minimum atomic E-state index is -0.834. The van der Waals surface area contributed by atoms with Crippen molar-refractivity contribution in [2.75, 3.05) is 36.4 Å². The number of carboxylic acid groups (broad SMARTS) is 1. The van der Waals surface area contributed by atoms with Gasteiger partial charge in [-0.1, -0.05) is 12.1 Å². The molecule has 2 saturated heterocycles. The summed E-state index contributed by atoms with van der Waals surface area (Å²) in [5.41, 5.74) is 1.71. The number of likely N-dealkylation sites (tertiary alicyclic amines) is 1. The lowest BCUT2D eigenvalue weighted by Gasteiger charge is -2.38. The van der Waals surface area contributed by atoms with Crippen molar-refractivity contribution in [3.8, 4) is 0 Å². The number of anilines is 2. The third kappa shape index (κ3) is 4.27. The standard InChI is InChI=1S/C19H27N3O4/c1-13-10-22(11-14(2)26-13)17-8-4-3-7-16(17)20-19(25)21-9-5-6-15(12-21)18(23)24/h3-4,7-8,13-15H,5-6,9-12H2,1-2H3,(H,20,25)(H,23,24). The summed E-state index contributed by atoms with van der Waals surface area (Å²) in [7, 11) is 0. The van der Waals surface area contributed by atoms with E-state index in [1.54, 1.807) is 4.90 Å². The van der Waals surface area contributed by atoms with E-state index >= 15 is 0 Å². The smallest absolute Gasteiger partial charge is 0.321 e. The van der Waals surface area contributed by atoms with Gasteiger partial charge in [0.25, 0.3) is 0 Å². The molecule has 3 unspecified atom stereocenters. The summed E-state index contributed by atoms with van der Waals surface area (Å²) in [6.45, 7) is 6.47. The van der Waals surface area contributed by atoms with Crippen LogP contribution in [0.5, 0.6) is 0 Å². The molecule has 0 saturated carbocycles. The van der Waals surface area contributed by atoms with E-state index in [0.29, 0.717) is 19.4 Å². The Morgan fingerprint density at radius 2 is 1.85 bits per heavy atom. The van der Waals surface area contributed by atoms with Crippen molar-refractivity contribution < 1.29 is 19.4 Å². The van der Waals surface area contributed by atoms with Crippen LogP contribution in [0.2, 0.25) is 0 Å². The molecule has 0 aliphatic carbocycles. The summed E-state index contributed by atoms with van der Waals surface area (Å²) < 4.78 is 5.80. The normalized spacial score (nSPS) is 26.5. The van der Waals surface area contributed by atoms with Crippen molar-refractivity contribution in [2.45, 2.75) is 38.9 Å². The van der Waals surface area contributed by atoms with Gasteiger partial charge in [0.2, 0.25) is 0 Å². The molecule has 26 heavy (non-hydrogen) atoms. The summed E-state index contributed by atoms with van der Waals surface area (Å²) in [4.78, 5) is 27.7. The van der Waals surface area contributed by atoms with Crippen LogP contribution in [-0.4, -0.2) is 60.4 Å². The molecular formula is C19H27N3O4. The molecule has 0 bridgehead atoms. The molecule has 1 aromatic rings. The number of morpholine rings is 1. The number of carbonyl (C=O) groups excluding carboxylic acids is 1. The van der Waals surface area contributed by atoms with E-state index in [9.17, 15) is 14.7 Å². The Labute approximate surface area is 153 Å². The van der Waals surface area contributed by atoms with E-state index in [-0.39, 0.29) is 24.8 Å². The lowest BCUT2D eigenvalue weighted by Crippen LogP contribution is -2.46. The molecule has 3 atom stereocenters. The lowest BCUT2D eigenvalue weighted by atomic mass is 9.99. The molecule has 1 aromatic carbocycles. The third-order valence-electron chi connectivity index (χ3n) is 4.96. The summed E-state index contributed by atoms with van der Waals surface area (Å²) in [6.07, 6.45) is 1.59. The minimum absolute atomic E-state index is 0.126. The van der Waals surface area contributed by atoms with E-state index in [2.05, 4.69) is 10.2 Å². The van der Waals surface area contributed by atoms with Gasteiger partial charge in [-0.3, -0.25) is 4.79 Å². The van der Waals surface area contributed by atoms with Crippen molar-refractivity contribution in [2.24, 2.45) is 5.92 Å². The molecule has 3 rings (SSSR count). The number of rotatable bonds is 3. The first-order chi connectivity index (χ1) is 12.4. The van der Waals surface area contributed by atoms with Crippen molar-refractivity contribution in [3.63, 3.8) is 0 Å². The summed E-state index contributed by atoms with van der Waals surface area (Å²) in [5, 5.41) is 12.2. The van der Waals surface area contributed by atoms with Crippen LogP contribution < -0.4 is 10.2 Å². The van der Waals surface area contributed by atoms with Gasteiger partial charge < -0.3 is 25.0 Å². The lowest BCUT2D eigenvalue weighted by molar-refractivity contribution is -0.143. The SMILES string of the molecule is CC1CN(c2ccccc2NC(=O)N2CCCC(C(=O)O)C2)CC(C)O1. The number of para-hydroxylation sites is 2. The predicted molar refractivity (Wildman–Crippen MR) is 99.6 cm³/mol. The number of carboxylic acids is 1. The molecular weight excluding hydrogens is 334 g/mol. The van der Waals surface area contributed by atoms with Crippen LogP contribution in [0.4, 0.5) is 16.2 Å². The number of benzene rings is 1. The van der Waals surface area contributed by atoms with Crippen LogP contribution in [0.15, 0.2) is 24.3 Å². The molecule has 2 amide bonds. The molecule has 0 radical (unpaired) electrons. The van der Waals surface area contributed by atoms with Gasteiger partial charge in [-0.05, 0) is 38.8 Å².